The lowest BCUT2D eigenvalue weighted by Gasteiger charge is -2.17. The van der Waals surface area contributed by atoms with E-state index >= 15 is 0 Å². The van der Waals surface area contributed by atoms with Crippen molar-refractivity contribution in [2.24, 2.45) is 5.73 Å². The highest BCUT2D eigenvalue weighted by atomic mass is 35.5. The predicted octanol–water partition coefficient (Wildman–Crippen LogP) is 3.01. The van der Waals surface area contributed by atoms with E-state index < -0.39 is 18.1 Å². The van der Waals surface area contributed by atoms with Gasteiger partial charge < -0.3 is 31.3 Å². The third-order valence-corrected chi connectivity index (χ3v) is 4.84. The zero-order valence-corrected chi connectivity index (χ0v) is 19.5. The predicted molar refractivity (Wildman–Crippen MR) is 124 cm³/mol. The smallest absolute Gasteiger partial charge is 0.320 e. The third-order valence-electron chi connectivity index (χ3n) is 4.84. The van der Waals surface area contributed by atoms with Crippen LogP contribution in [0.25, 0.3) is 0 Å². The summed E-state index contributed by atoms with van der Waals surface area (Å²) in [6, 6.07) is -0.736. The van der Waals surface area contributed by atoms with Crippen molar-refractivity contribution in [1.29, 1.82) is 5.41 Å². The number of carboxylic acid groups (broad SMARTS) is 1. The summed E-state index contributed by atoms with van der Waals surface area (Å²) in [7, 11) is 0. The molecule has 0 radical (unpaired) electrons. The number of unbranched alkanes of at least 4 members (excludes halogenated alkanes) is 9. The van der Waals surface area contributed by atoms with Gasteiger partial charge in [-0.2, -0.15) is 0 Å². The number of ether oxygens (including phenoxy) is 1. The summed E-state index contributed by atoms with van der Waals surface area (Å²) >= 11 is 0. The minimum atomic E-state index is -0.952. The Bertz CT molecular complexity index is 416. The van der Waals surface area contributed by atoms with Crippen LogP contribution in [0.3, 0.4) is 0 Å². The van der Waals surface area contributed by atoms with E-state index in [-0.39, 0.29) is 31.5 Å². The van der Waals surface area contributed by atoms with Gasteiger partial charge in [0.2, 0.25) is 0 Å². The van der Waals surface area contributed by atoms with Crippen molar-refractivity contribution in [2.45, 2.75) is 96.1 Å². The molecular weight excluding hydrogens is 408 g/mol. The minimum absolute atomic E-state index is 0. The van der Waals surface area contributed by atoms with Crippen molar-refractivity contribution in [3.8, 4) is 0 Å². The van der Waals surface area contributed by atoms with Crippen molar-refractivity contribution < 1.29 is 19.7 Å². The molecule has 0 aliphatic carbocycles. The summed E-state index contributed by atoms with van der Waals surface area (Å²) in [5.74, 6) is -1.08. The molecule has 0 rings (SSSR count). The fraction of sp³-hybridized carbons (Fsp3) is 0.905. The zero-order chi connectivity index (χ0) is 21.7. The van der Waals surface area contributed by atoms with E-state index in [2.05, 4.69) is 17.6 Å². The number of halogens is 1. The fourth-order valence-corrected chi connectivity index (χ4v) is 3.09. The van der Waals surface area contributed by atoms with Crippen molar-refractivity contribution in [3.05, 3.63) is 0 Å². The van der Waals surface area contributed by atoms with E-state index in [1.807, 2.05) is 0 Å². The molecule has 0 spiro atoms. The highest BCUT2D eigenvalue weighted by Crippen LogP contribution is 2.10. The van der Waals surface area contributed by atoms with E-state index in [0.717, 1.165) is 12.8 Å². The second-order valence-corrected chi connectivity index (χ2v) is 7.69. The van der Waals surface area contributed by atoms with Crippen LogP contribution in [0.5, 0.6) is 0 Å². The van der Waals surface area contributed by atoms with Crippen LogP contribution in [0, 0.1) is 5.41 Å². The molecule has 2 atom stereocenters. The van der Waals surface area contributed by atoms with Gasteiger partial charge in [-0.15, -0.1) is 12.4 Å². The molecule has 0 saturated heterocycles. The summed E-state index contributed by atoms with van der Waals surface area (Å²) in [5, 5.41) is 31.7. The Morgan fingerprint density at radius 1 is 1.03 bits per heavy atom. The van der Waals surface area contributed by atoms with E-state index in [0.29, 0.717) is 26.0 Å². The van der Waals surface area contributed by atoms with Crippen LogP contribution in [0.4, 0.5) is 0 Å². The monoisotopic (exact) mass is 452 g/mol. The highest BCUT2D eigenvalue weighted by molar-refractivity contribution is 5.85. The zero-order valence-electron chi connectivity index (χ0n) is 18.7. The minimum Gasteiger partial charge on any atom is -0.480 e. The first-order valence-electron chi connectivity index (χ1n) is 11.3. The van der Waals surface area contributed by atoms with Crippen LogP contribution >= 0.6 is 12.4 Å². The van der Waals surface area contributed by atoms with Gasteiger partial charge >= 0.3 is 5.97 Å². The van der Waals surface area contributed by atoms with Gasteiger partial charge in [-0.1, -0.05) is 64.7 Å². The van der Waals surface area contributed by atoms with E-state index in [4.69, 9.17) is 15.9 Å². The van der Waals surface area contributed by atoms with Crippen molar-refractivity contribution in [1.82, 2.24) is 10.6 Å². The number of aliphatic carboxylic acids is 1. The first kappa shape index (κ1) is 31.1. The Morgan fingerprint density at radius 3 is 2.13 bits per heavy atom. The number of nitrogens with two attached hydrogens (primary N) is 1. The average molecular weight is 453 g/mol. The summed E-state index contributed by atoms with van der Waals surface area (Å²) in [4.78, 5) is 11.3. The van der Waals surface area contributed by atoms with Crippen LogP contribution in [-0.2, 0) is 9.53 Å². The van der Waals surface area contributed by atoms with Gasteiger partial charge in [0.05, 0.1) is 12.7 Å². The molecule has 9 heteroatoms. The topological polar surface area (TPSA) is 141 Å². The SMILES string of the molecule is CCCCCCCCCCCCOCC(O)CN[C@@H](CCCNC(=N)N)C(=O)O.Cl. The molecule has 0 saturated carbocycles. The van der Waals surface area contributed by atoms with E-state index in [1.54, 1.807) is 0 Å². The fourth-order valence-electron chi connectivity index (χ4n) is 3.09. The lowest BCUT2D eigenvalue weighted by molar-refractivity contribution is -0.139. The van der Waals surface area contributed by atoms with E-state index in [9.17, 15) is 15.0 Å². The van der Waals surface area contributed by atoms with Crippen LogP contribution in [0.15, 0.2) is 0 Å². The molecule has 7 N–H and O–H groups in total. The molecule has 0 aromatic heterocycles. The molecule has 180 valence electrons. The van der Waals surface area contributed by atoms with E-state index in [1.165, 1.54) is 51.4 Å². The quantitative estimate of drug-likeness (QED) is 0.0892. The maximum Gasteiger partial charge on any atom is 0.320 e. The number of nitrogens with one attached hydrogen (secondary N) is 3. The Kier molecular flexibility index (Phi) is 23.4. The molecule has 0 aliphatic heterocycles. The first-order chi connectivity index (χ1) is 14.0. The Morgan fingerprint density at radius 2 is 1.60 bits per heavy atom. The average Bonchev–Trinajstić information content (AvgIpc) is 2.67. The van der Waals surface area contributed by atoms with Crippen LogP contribution in [0.1, 0.15) is 84.0 Å². The maximum absolute atomic E-state index is 11.3. The van der Waals surface area contributed by atoms with Crippen LogP contribution < -0.4 is 16.4 Å². The van der Waals surface area contributed by atoms with Gasteiger partial charge in [0, 0.05) is 19.7 Å². The first-order valence-corrected chi connectivity index (χ1v) is 11.3. The standard InChI is InChI=1S/C21H44N4O4.ClH/c1-2-3-4-5-6-7-8-9-10-11-15-29-17-18(26)16-25-19(20(27)28)13-12-14-24-21(22)23;/h18-19,25-26H,2-17H2,1H3,(H,27,28)(H4,22,23,24);1H/t18?,19-;/m0./s1. The number of hydrogen-bond acceptors (Lipinski definition) is 5. The molecule has 30 heavy (non-hydrogen) atoms. The molecule has 0 heterocycles. The van der Waals surface area contributed by atoms with Crippen molar-refractivity contribution in [3.63, 3.8) is 0 Å². The molecule has 0 aromatic rings. The van der Waals surface area contributed by atoms with Gasteiger partial charge in [-0.25, -0.2) is 0 Å². The lowest BCUT2D eigenvalue weighted by atomic mass is 10.1. The number of hydrogen-bond donors (Lipinski definition) is 6. The van der Waals surface area contributed by atoms with Gasteiger partial charge in [0.25, 0.3) is 0 Å². The molecule has 0 amide bonds. The number of aliphatic hydroxyl groups excluding tert-OH is 1. The van der Waals surface area contributed by atoms with Crippen molar-refractivity contribution >= 4 is 24.3 Å². The Hall–Kier alpha value is -1.09. The molecule has 0 bridgehead atoms. The summed E-state index contributed by atoms with van der Waals surface area (Å²) in [6.45, 7) is 3.71. The molecule has 0 aliphatic rings. The molecule has 1 unspecified atom stereocenters. The largest absolute Gasteiger partial charge is 0.480 e. The molecule has 0 aromatic carbocycles. The van der Waals surface area contributed by atoms with Gasteiger partial charge in [-0.05, 0) is 19.3 Å². The van der Waals surface area contributed by atoms with Gasteiger partial charge in [-0.3, -0.25) is 10.2 Å². The number of carbonyl (C=O) groups is 1. The number of carboxylic acids is 1. The second kappa shape index (κ2) is 22.6. The van der Waals surface area contributed by atoms with Crippen molar-refractivity contribution in [2.75, 3.05) is 26.3 Å². The summed E-state index contributed by atoms with van der Waals surface area (Å²) < 4.78 is 5.50. The normalized spacial score (nSPS) is 12.7. The number of aliphatic hydroxyl groups is 1. The summed E-state index contributed by atoms with van der Waals surface area (Å²) in [5.41, 5.74) is 5.18. The second-order valence-electron chi connectivity index (χ2n) is 7.69. The molecule has 0 fully saturated rings. The van der Waals surface area contributed by atoms with Crippen LogP contribution in [-0.4, -0.2) is 60.6 Å². The number of rotatable bonds is 21. The third kappa shape index (κ3) is 21.6. The van der Waals surface area contributed by atoms with Gasteiger partial charge in [0.15, 0.2) is 5.96 Å². The molecule has 8 nitrogen and oxygen atoms in total. The van der Waals surface area contributed by atoms with Crippen LogP contribution in [0.2, 0.25) is 0 Å². The highest BCUT2D eigenvalue weighted by Gasteiger charge is 2.17. The number of guanidine groups is 1. The summed E-state index contributed by atoms with van der Waals surface area (Å²) in [6.07, 6.45) is 13.0. The molecular formula is C21H45ClN4O4. The van der Waals surface area contributed by atoms with Gasteiger partial charge in [0.1, 0.15) is 6.04 Å². The maximum atomic E-state index is 11.3. The Balaban J connectivity index is 0. The lowest BCUT2D eigenvalue weighted by Crippen LogP contribution is -2.42. The Labute approximate surface area is 188 Å².